The summed E-state index contributed by atoms with van der Waals surface area (Å²) < 4.78 is 0. The Balaban J connectivity index is 1.83. The molecular formula is C18H14N4O2S. The summed E-state index contributed by atoms with van der Waals surface area (Å²) in [5.74, 6) is -0.906. The van der Waals surface area contributed by atoms with E-state index < -0.39 is 5.91 Å². The standard InChI is InChI=1S/C18H14N4O2S/c19-15(23)14(11-12-7-3-1-4-8-12)17-21-22-18(25-17)20-16(24)13-9-5-2-6-10-13/h1-11H,(H2,19,23)(H,20,22,24)/b14-11-. The molecule has 25 heavy (non-hydrogen) atoms. The minimum absolute atomic E-state index is 0.240. The van der Waals surface area contributed by atoms with E-state index in [1.54, 1.807) is 30.3 Å². The molecule has 1 aromatic heterocycles. The third kappa shape index (κ3) is 4.15. The normalized spacial score (nSPS) is 11.1. The molecule has 7 heteroatoms. The summed E-state index contributed by atoms with van der Waals surface area (Å²) in [6, 6.07) is 18.1. The summed E-state index contributed by atoms with van der Waals surface area (Å²) in [7, 11) is 0. The van der Waals surface area contributed by atoms with Crippen LogP contribution in [-0.4, -0.2) is 22.0 Å². The van der Waals surface area contributed by atoms with Gasteiger partial charge in [0.2, 0.25) is 5.13 Å². The molecule has 0 fully saturated rings. The number of nitrogens with zero attached hydrogens (tertiary/aromatic N) is 2. The Morgan fingerprint density at radius 1 is 0.960 bits per heavy atom. The molecule has 3 N–H and O–H groups in total. The second-order valence-electron chi connectivity index (χ2n) is 5.07. The molecule has 124 valence electrons. The van der Waals surface area contributed by atoms with Gasteiger partial charge in [-0.3, -0.25) is 14.9 Å². The SMILES string of the molecule is NC(=O)/C(=C/c1ccccc1)c1nnc(NC(=O)c2ccccc2)s1. The predicted molar refractivity (Wildman–Crippen MR) is 97.8 cm³/mol. The number of nitrogens with one attached hydrogen (secondary N) is 1. The molecule has 0 radical (unpaired) electrons. The highest BCUT2D eigenvalue weighted by molar-refractivity contribution is 7.16. The van der Waals surface area contributed by atoms with Crippen LogP contribution in [0.5, 0.6) is 0 Å². The lowest BCUT2D eigenvalue weighted by molar-refractivity contribution is -0.112. The first kappa shape index (κ1) is 16.5. The monoisotopic (exact) mass is 350 g/mol. The van der Waals surface area contributed by atoms with Gasteiger partial charge >= 0.3 is 0 Å². The number of hydrogen-bond donors (Lipinski definition) is 2. The molecule has 0 saturated carbocycles. The zero-order valence-corrected chi connectivity index (χ0v) is 13.9. The van der Waals surface area contributed by atoms with Crippen LogP contribution in [-0.2, 0) is 4.79 Å². The van der Waals surface area contributed by atoms with E-state index in [4.69, 9.17) is 5.73 Å². The van der Waals surface area contributed by atoms with Gasteiger partial charge in [0.05, 0.1) is 5.57 Å². The van der Waals surface area contributed by atoms with E-state index in [-0.39, 0.29) is 11.5 Å². The summed E-state index contributed by atoms with van der Waals surface area (Å²) in [6.45, 7) is 0. The number of anilines is 1. The van der Waals surface area contributed by atoms with Crippen molar-refractivity contribution in [3.63, 3.8) is 0 Å². The van der Waals surface area contributed by atoms with Gasteiger partial charge in [0, 0.05) is 5.56 Å². The molecule has 0 unspecified atom stereocenters. The number of hydrogen-bond acceptors (Lipinski definition) is 5. The lowest BCUT2D eigenvalue weighted by Gasteiger charge is -2.00. The summed E-state index contributed by atoms with van der Waals surface area (Å²) >= 11 is 1.09. The van der Waals surface area contributed by atoms with Gasteiger partial charge in [-0.2, -0.15) is 0 Å². The van der Waals surface area contributed by atoms with Crippen molar-refractivity contribution in [2.75, 3.05) is 5.32 Å². The number of nitrogens with two attached hydrogens (primary N) is 1. The number of primary amides is 1. The second kappa shape index (κ2) is 7.50. The Bertz CT molecular complexity index is 921. The van der Waals surface area contributed by atoms with Crippen molar-refractivity contribution >= 4 is 39.9 Å². The second-order valence-corrected chi connectivity index (χ2v) is 6.04. The van der Waals surface area contributed by atoms with E-state index in [1.165, 1.54) is 0 Å². The third-order valence-corrected chi connectivity index (χ3v) is 4.16. The van der Waals surface area contributed by atoms with Gasteiger partial charge in [-0.15, -0.1) is 10.2 Å². The van der Waals surface area contributed by atoms with Gasteiger partial charge in [0.1, 0.15) is 0 Å². The lowest BCUT2D eigenvalue weighted by atomic mass is 10.1. The molecule has 3 rings (SSSR count). The van der Waals surface area contributed by atoms with E-state index in [9.17, 15) is 9.59 Å². The lowest BCUT2D eigenvalue weighted by Crippen LogP contribution is -2.12. The molecule has 2 aromatic carbocycles. The minimum Gasteiger partial charge on any atom is -0.366 e. The van der Waals surface area contributed by atoms with Crippen LogP contribution in [0.3, 0.4) is 0 Å². The Labute approximate surface area is 148 Å². The fourth-order valence-corrected chi connectivity index (χ4v) is 2.86. The highest BCUT2D eigenvalue weighted by Gasteiger charge is 2.16. The Morgan fingerprint density at radius 3 is 2.24 bits per heavy atom. The van der Waals surface area contributed by atoms with Crippen LogP contribution >= 0.6 is 11.3 Å². The molecule has 0 bridgehead atoms. The van der Waals surface area contributed by atoms with Crippen molar-refractivity contribution in [1.82, 2.24) is 10.2 Å². The summed E-state index contributed by atoms with van der Waals surface area (Å²) in [6.07, 6.45) is 1.64. The molecule has 0 spiro atoms. The fourth-order valence-electron chi connectivity index (χ4n) is 2.10. The summed E-state index contributed by atoms with van der Waals surface area (Å²) in [5, 5.41) is 11.2. The first-order valence-electron chi connectivity index (χ1n) is 7.40. The third-order valence-electron chi connectivity index (χ3n) is 3.29. The van der Waals surface area contributed by atoms with E-state index >= 15 is 0 Å². The molecule has 0 aliphatic heterocycles. The van der Waals surface area contributed by atoms with Crippen molar-refractivity contribution in [3.8, 4) is 0 Å². The van der Waals surface area contributed by atoms with E-state index in [1.807, 2.05) is 36.4 Å². The van der Waals surface area contributed by atoms with Crippen molar-refractivity contribution < 1.29 is 9.59 Å². The molecular weight excluding hydrogens is 336 g/mol. The molecule has 0 aliphatic carbocycles. The fraction of sp³-hybridized carbons (Fsp3) is 0. The quantitative estimate of drug-likeness (QED) is 0.691. The summed E-state index contributed by atoms with van der Waals surface area (Å²) in [5.41, 5.74) is 7.03. The highest BCUT2D eigenvalue weighted by Crippen LogP contribution is 2.25. The smallest absolute Gasteiger partial charge is 0.257 e. The van der Waals surface area contributed by atoms with Crippen molar-refractivity contribution in [2.24, 2.45) is 5.73 Å². The molecule has 1 heterocycles. The zero-order valence-electron chi connectivity index (χ0n) is 13.0. The van der Waals surface area contributed by atoms with Crippen LogP contribution in [0.25, 0.3) is 11.6 Å². The first-order valence-corrected chi connectivity index (χ1v) is 8.22. The number of aromatic nitrogens is 2. The maximum absolute atomic E-state index is 12.1. The predicted octanol–water partition coefficient (Wildman–Crippen LogP) is 2.82. The number of rotatable bonds is 5. The molecule has 0 saturated heterocycles. The number of carbonyl (C=O) groups is 2. The van der Waals surface area contributed by atoms with Gasteiger partial charge in [0.15, 0.2) is 5.01 Å². The van der Waals surface area contributed by atoms with Crippen molar-refractivity contribution in [3.05, 3.63) is 76.8 Å². The van der Waals surface area contributed by atoms with Gasteiger partial charge in [-0.1, -0.05) is 59.9 Å². The average molecular weight is 350 g/mol. The molecule has 2 amide bonds. The topological polar surface area (TPSA) is 98.0 Å². The van der Waals surface area contributed by atoms with Gasteiger partial charge in [0.25, 0.3) is 11.8 Å². The summed E-state index contributed by atoms with van der Waals surface area (Å²) in [4.78, 5) is 23.9. The Morgan fingerprint density at radius 2 is 1.60 bits per heavy atom. The van der Waals surface area contributed by atoms with Crippen LogP contribution in [0.2, 0.25) is 0 Å². The van der Waals surface area contributed by atoms with Crippen LogP contribution < -0.4 is 11.1 Å². The largest absolute Gasteiger partial charge is 0.366 e. The number of benzene rings is 2. The molecule has 3 aromatic rings. The average Bonchev–Trinajstić information content (AvgIpc) is 3.09. The van der Waals surface area contributed by atoms with Gasteiger partial charge in [-0.25, -0.2) is 0 Å². The van der Waals surface area contributed by atoms with Crippen LogP contribution in [0.4, 0.5) is 5.13 Å². The van der Waals surface area contributed by atoms with Crippen LogP contribution in [0.1, 0.15) is 20.9 Å². The Kier molecular flexibility index (Phi) is 4.96. The van der Waals surface area contributed by atoms with Gasteiger partial charge < -0.3 is 5.73 Å². The number of carbonyl (C=O) groups excluding carboxylic acids is 2. The van der Waals surface area contributed by atoms with E-state index in [0.29, 0.717) is 15.7 Å². The van der Waals surface area contributed by atoms with Crippen LogP contribution in [0.15, 0.2) is 60.7 Å². The van der Waals surface area contributed by atoms with Gasteiger partial charge in [-0.05, 0) is 23.8 Å². The maximum atomic E-state index is 12.1. The number of amides is 2. The van der Waals surface area contributed by atoms with Crippen LogP contribution in [0, 0.1) is 0 Å². The van der Waals surface area contributed by atoms with Crippen molar-refractivity contribution in [2.45, 2.75) is 0 Å². The first-order chi connectivity index (χ1) is 12.1. The molecule has 0 atom stereocenters. The highest BCUT2D eigenvalue weighted by atomic mass is 32.1. The Hall–Kier alpha value is -3.32. The zero-order chi connectivity index (χ0) is 17.6. The van der Waals surface area contributed by atoms with Crippen molar-refractivity contribution in [1.29, 1.82) is 0 Å². The van der Waals surface area contributed by atoms with E-state index in [0.717, 1.165) is 16.9 Å². The molecule has 0 aliphatic rings. The van der Waals surface area contributed by atoms with E-state index in [2.05, 4.69) is 15.5 Å². The molecule has 6 nitrogen and oxygen atoms in total. The maximum Gasteiger partial charge on any atom is 0.257 e. The minimum atomic E-state index is -0.610.